The zero-order valence-corrected chi connectivity index (χ0v) is 17.4. The molecule has 0 spiro atoms. The number of nitrogens with one attached hydrogen (secondary N) is 1. The van der Waals surface area contributed by atoms with Gasteiger partial charge in [0, 0.05) is 23.8 Å². The minimum absolute atomic E-state index is 0.0155. The fraction of sp³-hybridized carbons (Fsp3) is 0.348. The SMILES string of the molecule is COc1ccc2cc(NC(=O)c3c(C)cc(C)n(C[C@@H]4CCCO4)c3=O)cnc2c1. The molecule has 1 aromatic carbocycles. The van der Waals surface area contributed by atoms with E-state index in [0.29, 0.717) is 23.5 Å². The molecule has 0 radical (unpaired) electrons. The number of aryl methyl sites for hydroxylation is 2. The number of amides is 1. The number of hydrogen-bond acceptors (Lipinski definition) is 5. The van der Waals surface area contributed by atoms with Crippen LogP contribution in [0.15, 0.2) is 41.3 Å². The third kappa shape index (κ3) is 3.93. The Kier molecular flexibility index (Phi) is 5.55. The summed E-state index contributed by atoms with van der Waals surface area (Å²) >= 11 is 0. The van der Waals surface area contributed by atoms with Crippen molar-refractivity contribution in [2.24, 2.45) is 0 Å². The molecule has 4 rings (SSSR count). The van der Waals surface area contributed by atoms with Gasteiger partial charge in [0.2, 0.25) is 0 Å². The number of carbonyl (C=O) groups excluding carboxylic acids is 1. The number of rotatable bonds is 5. The van der Waals surface area contributed by atoms with Gasteiger partial charge in [0.25, 0.3) is 11.5 Å². The topological polar surface area (TPSA) is 82.5 Å². The number of methoxy groups -OCH3 is 1. The Morgan fingerprint density at radius 3 is 2.87 bits per heavy atom. The first-order chi connectivity index (χ1) is 14.5. The van der Waals surface area contributed by atoms with Crippen LogP contribution in [-0.2, 0) is 11.3 Å². The minimum Gasteiger partial charge on any atom is -0.497 e. The standard InChI is InChI=1S/C23H25N3O4/c1-14-9-15(2)26(13-19-5-4-8-30-19)23(28)21(14)22(27)25-17-10-16-6-7-18(29-3)11-20(16)24-12-17/h6-7,9-12,19H,4-5,8,13H2,1-3H3,(H,25,27)/t19-/m0/s1. The van der Waals surface area contributed by atoms with Crippen molar-refractivity contribution in [2.75, 3.05) is 19.0 Å². The molecule has 1 saturated heterocycles. The monoisotopic (exact) mass is 407 g/mol. The summed E-state index contributed by atoms with van der Waals surface area (Å²) in [6.45, 7) is 4.85. The number of anilines is 1. The van der Waals surface area contributed by atoms with Crippen LogP contribution in [0.2, 0.25) is 0 Å². The minimum atomic E-state index is -0.437. The molecule has 30 heavy (non-hydrogen) atoms. The van der Waals surface area contributed by atoms with Crippen LogP contribution < -0.4 is 15.6 Å². The highest BCUT2D eigenvalue weighted by molar-refractivity contribution is 6.05. The largest absolute Gasteiger partial charge is 0.497 e. The van der Waals surface area contributed by atoms with Crippen LogP contribution in [0.5, 0.6) is 5.75 Å². The van der Waals surface area contributed by atoms with Crippen molar-refractivity contribution in [3.63, 3.8) is 0 Å². The molecule has 1 aliphatic rings. The molecule has 7 heteroatoms. The molecule has 3 aromatic rings. The lowest BCUT2D eigenvalue weighted by Gasteiger charge is -2.17. The van der Waals surface area contributed by atoms with Gasteiger partial charge in [0.15, 0.2) is 0 Å². The number of hydrogen-bond donors (Lipinski definition) is 1. The van der Waals surface area contributed by atoms with Gasteiger partial charge in [-0.3, -0.25) is 14.6 Å². The van der Waals surface area contributed by atoms with E-state index in [2.05, 4.69) is 10.3 Å². The fourth-order valence-corrected chi connectivity index (χ4v) is 3.91. The zero-order valence-electron chi connectivity index (χ0n) is 17.4. The number of aromatic nitrogens is 2. The van der Waals surface area contributed by atoms with Crippen LogP contribution in [-0.4, -0.2) is 35.3 Å². The van der Waals surface area contributed by atoms with Gasteiger partial charge >= 0.3 is 0 Å². The lowest BCUT2D eigenvalue weighted by Crippen LogP contribution is -2.34. The fourth-order valence-electron chi connectivity index (χ4n) is 3.91. The number of pyridine rings is 2. The maximum atomic E-state index is 13.1. The van der Waals surface area contributed by atoms with Crippen LogP contribution in [0.3, 0.4) is 0 Å². The highest BCUT2D eigenvalue weighted by Crippen LogP contribution is 2.22. The van der Waals surface area contributed by atoms with Crippen LogP contribution >= 0.6 is 0 Å². The second-order valence-corrected chi connectivity index (χ2v) is 7.63. The number of benzene rings is 1. The Morgan fingerprint density at radius 1 is 1.30 bits per heavy atom. The third-order valence-corrected chi connectivity index (χ3v) is 5.49. The van der Waals surface area contributed by atoms with Crippen molar-refractivity contribution in [3.05, 3.63) is 63.7 Å². The van der Waals surface area contributed by atoms with Gasteiger partial charge in [-0.15, -0.1) is 0 Å². The van der Waals surface area contributed by atoms with E-state index in [1.165, 1.54) is 0 Å². The van der Waals surface area contributed by atoms with E-state index in [4.69, 9.17) is 9.47 Å². The predicted octanol–water partition coefficient (Wildman–Crippen LogP) is 3.45. The van der Waals surface area contributed by atoms with Crippen molar-refractivity contribution in [1.82, 2.24) is 9.55 Å². The summed E-state index contributed by atoms with van der Waals surface area (Å²) in [6, 6.07) is 9.24. The van der Waals surface area contributed by atoms with Gasteiger partial charge in [-0.1, -0.05) is 0 Å². The van der Waals surface area contributed by atoms with Crippen molar-refractivity contribution >= 4 is 22.5 Å². The molecule has 2 aromatic heterocycles. The first-order valence-electron chi connectivity index (χ1n) is 10.0. The van der Waals surface area contributed by atoms with Gasteiger partial charge in [-0.2, -0.15) is 0 Å². The molecular weight excluding hydrogens is 382 g/mol. The van der Waals surface area contributed by atoms with E-state index in [1.807, 2.05) is 37.3 Å². The Bertz CT molecular complexity index is 1160. The van der Waals surface area contributed by atoms with E-state index < -0.39 is 5.91 Å². The number of fused-ring (bicyclic) bond motifs is 1. The van der Waals surface area contributed by atoms with Gasteiger partial charge in [0.1, 0.15) is 11.3 Å². The van der Waals surface area contributed by atoms with E-state index in [-0.39, 0.29) is 17.2 Å². The smallest absolute Gasteiger partial charge is 0.263 e. The van der Waals surface area contributed by atoms with Crippen molar-refractivity contribution in [1.29, 1.82) is 0 Å². The normalized spacial score (nSPS) is 16.0. The lowest BCUT2D eigenvalue weighted by molar-refractivity contribution is 0.0947. The summed E-state index contributed by atoms with van der Waals surface area (Å²) in [5, 5.41) is 3.69. The summed E-state index contributed by atoms with van der Waals surface area (Å²) in [7, 11) is 1.60. The van der Waals surface area contributed by atoms with Crippen LogP contribution in [0, 0.1) is 13.8 Å². The molecule has 0 bridgehead atoms. The Hall–Kier alpha value is -3.19. The van der Waals surface area contributed by atoms with Gasteiger partial charge in [0.05, 0.1) is 37.2 Å². The average molecular weight is 407 g/mol. The van der Waals surface area contributed by atoms with Crippen molar-refractivity contribution < 1.29 is 14.3 Å². The highest BCUT2D eigenvalue weighted by atomic mass is 16.5. The molecule has 1 aliphatic heterocycles. The van der Waals surface area contributed by atoms with Gasteiger partial charge in [-0.05, 0) is 56.5 Å². The molecule has 1 N–H and O–H groups in total. The van der Waals surface area contributed by atoms with Crippen LogP contribution in [0.25, 0.3) is 10.9 Å². The maximum absolute atomic E-state index is 13.1. The summed E-state index contributed by atoms with van der Waals surface area (Å²) < 4.78 is 12.5. The molecule has 1 atom stereocenters. The molecule has 0 saturated carbocycles. The van der Waals surface area contributed by atoms with E-state index in [1.54, 1.807) is 24.8 Å². The second kappa shape index (κ2) is 8.28. The quantitative estimate of drug-likeness (QED) is 0.700. The Balaban J connectivity index is 1.62. The molecule has 1 fully saturated rings. The number of nitrogens with zero attached hydrogens (tertiary/aromatic N) is 2. The number of carbonyl (C=O) groups is 1. The molecule has 156 valence electrons. The Labute approximate surface area is 174 Å². The lowest BCUT2D eigenvalue weighted by atomic mass is 10.1. The summed E-state index contributed by atoms with van der Waals surface area (Å²) in [4.78, 5) is 30.5. The first-order valence-corrected chi connectivity index (χ1v) is 10.0. The second-order valence-electron chi connectivity index (χ2n) is 7.63. The van der Waals surface area contributed by atoms with E-state index in [0.717, 1.165) is 36.0 Å². The molecule has 1 amide bonds. The van der Waals surface area contributed by atoms with Crippen LogP contribution in [0.1, 0.15) is 34.5 Å². The first kappa shape index (κ1) is 20.1. The maximum Gasteiger partial charge on any atom is 0.263 e. The van der Waals surface area contributed by atoms with E-state index in [9.17, 15) is 9.59 Å². The molecule has 7 nitrogen and oxygen atoms in total. The van der Waals surface area contributed by atoms with Crippen LogP contribution in [0.4, 0.5) is 5.69 Å². The number of ether oxygens (including phenoxy) is 2. The van der Waals surface area contributed by atoms with E-state index >= 15 is 0 Å². The molecule has 3 heterocycles. The van der Waals surface area contributed by atoms with Gasteiger partial charge < -0.3 is 19.4 Å². The summed E-state index contributed by atoms with van der Waals surface area (Å²) in [5.74, 6) is 0.280. The third-order valence-electron chi connectivity index (χ3n) is 5.49. The van der Waals surface area contributed by atoms with Gasteiger partial charge in [-0.25, -0.2) is 0 Å². The Morgan fingerprint density at radius 2 is 2.13 bits per heavy atom. The average Bonchev–Trinajstić information content (AvgIpc) is 3.24. The highest BCUT2D eigenvalue weighted by Gasteiger charge is 2.22. The van der Waals surface area contributed by atoms with Crippen molar-refractivity contribution in [2.45, 2.75) is 39.3 Å². The van der Waals surface area contributed by atoms with Crippen molar-refractivity contribution in [3.8, 4) is 5.75 Å². The molecule has 0 aliphatic carbocycles. The summed E-state index contributed by atoms with van der Waals surface area (Å²) in [6.07, 6.45) is 3.52. The summed E-state index contributed by atoms with van der Waals surface area (Å²) in [5.41, 5.74) is 2.62. The predicted molar refractivity (Wildman–Crippen MR) is 115 cm³/mol. The molecular formula is C23H25N3O4. The zero-order chi connectivity index (χ0) is 21.3. The molecule has 0 unspecified atom stereocenters.